The van der Waals surface area contributed by atoms with Crippen molar-refractivity contribution in [3.63, 3.8) is 0 Å². The first-order valence-corrected chi connectivity index (χ1v) is 9.43. The third kappa shape index (κ3) is 4.57. The van der Waals surface area contributed by atoms with Crippen molar-refractivity contribution in [3.05, 3.63) is 39.3 Å². The van der Waals surface area contributed by atoms with Gasteiger partial charge in [-0.05, 0) is 31.0 Å². The number of likely N-dealkylation sites (tertiary alicyclic amines) is 1. The van der Waals surface area contributed by atoms with Crippen LogP contribution in [0.25, 0.3) is 0 Å². The molecule has 7 nitrogen and oxygen atoms in total. The minimum atomic E-state index is -0.320. The number of nitrogens with one attached hydrogen (secondary N) is 1. The lowest BCUT2D eigenvalue weighted by Crippen LogP contribution is -2.40. The number of nitrogens with zero attached hydrogens (tertiary/aromatic N) is 3. The highest BCUT2D eigenvalue weighted by molar-refractivity contribution is 7.13. The summed E-state index contributed by atoms with van der Waals surface area (Å²) < 4.78 is 4.92. The summed E-state index contributed by atoms with van der Waals surface area (Å²) >= 11 is 7.19. The fraction of sp³-hybridized carbons (Fsp3) is 0.412. The Morgan fingerprint density at radius 1 is 1.42 bits per heavy atom. The molecular weight excluding hydrogens is 376 g/mol. The Morgan fingerprint density at radius 3 is 3.04 bits per heavy atom. The van der Waals surface area contributed by atoms with Crippen molar-refractivity contribution in [2.45, 2.75) is 18.8 Å². The molecule has 2 amide bonds. The molecule has 138 valence electrons. The first-order chi connectivity index (χ1) is 12.6. The van der Waals surface area contributed by atoms with Gasteiger partial charge in [0.2, 0.25) is 10.9 Å². The number of anilines is 1. The average Bonchev–Trinajstić information content (AvgIpc) is 3.12. The van der Waals surface area contributed by atoms with E-state index in [9.17, 15) is 9.59 Å². The van der Waals surface area contributed by atoms with Crippen LogP contribution in [0.1, 0.15) is 33.6 Å². The van der Waals surface area contributed by atoms with Crippen LogP contribution in [0.5, 0.6) is 0 Å². The fourth-order valence-corrected chi connectivity index (χ4v) is 3.92. The van der Waals surface area contributed by atoms with Gasteiger partial charge in [-0.1, -0.05) is 29.0 Å². The summed E-state index contributed by atoms with van der Waals surface area (Å²) in [6.45, 7) is 1.38. The normalized spacial score (nSPS) is 17.2. The highest BCUT2D eigenvalue weighted by Crippen LogP contribution is 2.29. The van der Waals surface area contributed by atoms with Gasteiger partial charge in [0.05, 0.1) is 0 Å². The van der Waals surface area contributed by atoms with Crippen molar-refractivity contribution in [1.29, 1.82) is 0 Å². The van der Waals surface area contributed by atoms with Crippen molar-refractivity contribution in [1.82, 2.24) is 15.1 Å². The number of carbonyl (C=O) groups is 2. The van der Waals surface area contributed by atoms with Crippen LogP contribution in [0.15, 0.2) is 24.3 Å². The Bertz CT molecular complexity index is 798. The lowest BCUT2D eigenvalue weighted by Gasteiger charge is -2.31. The topological polar surface area (TPSA) is 84.4 Å². The molecule has 26 heavy (non-hydrogen) atoms. The van der Waals surface area contributed by atoms with Crippen LogP contribution >= 0.6 is 22.9 Å². The molecule has 0 radical (unpaired) electrons. The fourth-order valence-electron chi connectivity index (χ4n) is 2.86. The third-order valence-corrected chi connectivity index (χ3v) is 5.43. The van der Waals surface area contributed by atoms with Gasteiger partial charge in [-0.2, -0.15) is 0 Å². The van der Waals surface area contributed by atoms with E-state index in [1.807, 2.05) is 0 Å². The van der Waals surface area contributed by atoms with E-state index in [1.54, 1.807) is 29.2 Å². The molecule has 0 spiro atoms. The van der Waals surface area contributed by atoms with Gasteiger partial charge in [-0.15, -0.1) is 10.2 Å². The molecule has 0 saturated carbocycles. The summed E-state index contributed by atoms with van der Waals surface area (Å²) in [5, 5.41) is 12.6. The maximum atomic E-state index is 12.4. The zero-order chi connectivity index (χ0) is 18.5. The first-order valence-electron chi connectivity index (χ1n) is 8.24. The quantitative estimate of drug-likeness (QED) is 0.842. The molecule has 9 heteroatoms. The maximum Gasteiger partial charge on any atom is 0.286 e. The maximum absolute atomic E-state index is 12.4. The van der Waals surface area contributed by atoms with Gasteiger partial charge in [0.25, 0.3) is 5.91 Å². The highest BCUT2D eigenvalue weighted by Gasteiger charge is 2.28. The number of rotatable bonds is 5. The van der Waals surface area contributed by atoms with Crippen molar-refractivity contribution >= 4 is 40.4 Å². The zero-order valence-corrected chi connectivity index (χ0v) is 15.8. The molecule has 0 aliphatic carbocycles. The van der Waals surface area contributed by atoms with E-state index in [0.29, 0.717) is 22.3 Å². The summed E-state index contributed by atoms with van der Waals surface area (Å²) in [7, 11) is 1.51. The van der Waals surface area contributed by atoms with Crippen LogP contribution in [-0.2, 0) is 9.53 Å². The van der Waals surface area contributed by atoms with E-state index in [0.717, 1.165) is 24.4 Å². The van der Waals surface area contributed by atoms with E-state index >= 15 is 0 Å². The van der Waals surface area contributed by atoms with Crippen LogP contribution in [0.3, 0.4) is 0 Å². The second-order valence-electron chi connectivity index (χ2n) is 6.02. The summed E-state index contributed by atoms with van der Waals surface area (Å²) in [5.74, 6) is -0.255. The zero-order valence-electron chi connectivity index (χ0n) is 14.3. The van der Waals surface area contributed by atoms with E-state index < -0.39 is 0 Å². The highest BCUT2D eigenvalue weighted by atomic mass is 35.5. The molecule has 2 aromatic rings. The minimum absolute atomic E-state index is 0.0272. The molecule has 1 aromatic heterocycles. The Kier molecular flexibility index (Phi) is 6.18. The predicted octanol–water partition coefficient (Wildman–Crippen LogP) is 2.80. The monoisotopic (exact) mass is 394 g/mol. The molecule has 1 aliphatic heterocycles. The van der Waals surface area contributed by atoms with E-state index in [1.165, 1.54) is 18.4 Å². The molecule has 1 fully saturated rings. The Hall–Kier alpha value is -2.03. The largest absolute Gasteiger partial charge is 0.375 e. The minimum Gasteiger partial charge on any atom is -0.375 e. The molecule has 3 rings (SSSR count). The van der Waals surface area contributed by atoms with Gasteiger partial charge >= 0.3 is 0 Å². The van der Waals surface area contributed by atoms with Crippen molar-refractivity contribution in [2.24, 2.45) is 0 Å². The van der Waals surface area contributed by atoms with Gasteiger partial charge in [-0.25, -0.2) is 0 Å². The van der Waals surface area contributed by atoms with Crippen LogP contribution in [0.2, 0.25) is 5.02 Å². The molecule has 0 unspecified atom stereocenters. The van der Waals surface area contributed by atoms with Crippen LogP contribution < -0.4 is 5.32 Å². The second kappa shape index (κ2) is 8.57. The van der Waals surface area contributed by atoms with Gasteiger partial charge in [0.15, 0.2) is 0 Å². The molecule has 0 bridgehead atoms. The van der Waals surface area contributed by atoms with Gasteiger partial charge in [-0.3, -0.25) is 9.59 Å². The van der Waals surface area contributed by atoms with Gasteiger partial charge in [0.1, 0.15) is 11.6 Å². The number of piperidine rings is 1. The SMILES string of the molecule is COCC(=O)N1CCC[C@H](c2nnc(C(=O)Nc3cccc(Cl)c3)s2)C1. The number of aromatic nitrogens is 2. The second-order valence-corrected chi connectivity index (χ2v) is 7.47. The number of ether oxygens (including phenoxy) is 1. The predicted molar refractivity (Wildman–Crippen MR) is 99.7 cm³/mol. The molecular formula is C17H19ClN4O3S. The number of hydrogen-bond donors (Lipinski definition) is 1. The Balaban J connectivity index is 1.65. The van der Waals surface area contributed by atoms with Gasteiger partial charge in [0, 0.05) is 36.8 Å². The van der Waals surface area contributed by atoms with E-state index in [2.05, 4.69) is 15.5 Å². The molecule has 1 aliphatic rings. The van der Waals surface area contributed by atoms with Crippen LogP contribution in [0.4, 0.5) is 5.69 Å². The van der Waals surface area contributed by atoms with Crippen molar-refractivity contribution in [3.8, 4) is 0 Å². The molecule has 1 N–H and O–H groups in total. The van der Waals surface area contributed by atoms with E-state index in [4.69, 9.17) is 16.3 Å². The smallest absolute Gasteiger partial charge is 0.286 e. The van der Waals surface area contributed by atoms with Crippen molar-refractivity contribution in [2.75, 3.05) is 32.1 Å². The summed E-state index contributed by atoms with van der Waals surface area (Å²) in [4.78, 5) is 26.1. The summed E-state index contributed by atoms with van der Waals surface area (Å²) in [5.41, 5.74) is 0.605. The standard InChI is InChI=1S/C17H19ClN4O3S/c1-25-10-14(23)22-7-3-4-11(9-22)16-20-21-17(26-16)15(24)19-13-6-2-5-12(18)8-13/h2,5-6,8,11H,3-4,7,9-10H2,1H3,(H,19,24)/t11-/m0/s1. The lowest BCUT2D eigenvalue weighted by atomic mass is 9.99. The molecule has 1 aromatic carbocycles. The molecule has 1 saturated heterocycles. The average molecular weight is 395 g/mol. The third-order valence-electron chi connectivity index (χ3n) is 4.11. The summed E-state index contributed by atoms with van der Waals surface area (Å²) in [6, 6.07) is 6.92. The van der Waals surface area contributed by atoms with Crippen LogP contribution in [-0.4, -0.2) is 53.7 Å². The Labute approximate surface area is 160 Å². The molecule has 2 heterocycles. The van der Waals surface area contributed by atoms with Crippen molar-refractivity contribution < 1.29 is 14.3 Å². The molecule has 1 atom stereocenters. The van der Waals surface area contributed by atoms with Crippen LogP contribution in [0, 0.1) is 0 Å². The number of halogens is 1. The number of methoxy groups -OCH3 is 1. The Morgan fingerprint density at radius 2 is 2.27 bits per heavy atom. The summed E-state index contributed by atoms with van der Waals surface area (Å²) in [6.07, 6.45) is 1.81. The van der Waals surface area contributed by atoms with Gasteiger partial charge < -0.3 is 15.0 Å². The number of carbonyl (C=O) groups excluding carboxylic acids is 2. The lowest BCUT2D eigenvalue weighted by molar-refractivity contribution is -0.136. The number of hydrogen-bond acceptors (Lipinski definition) is 6. The number of benzene rings is 1. The first kappa shape index (κ1) is 18.8. The number of amides is 2. The van der Waals surface area contributed by atoms with E-state index in [-0.39, 0.29) is 24.3 Å².